The van der Waals surface area contributed by atoms with Crippen LogP contribution >= 0.6 is 0 Å². The molecule has 0 saturated carbocycles. The normalized spacial score (nSPS) is 10.3. The van der Waals surface area contributed by atoms with Gasteiger partial charge in [-0.15, -0.1) is 0 Å². The number of carboxylic acids is 2. The van der Waals surface area contributed by atoms with E-state index in [2.05, 4.69) is 0 Å². The second kappa shape index (κ2) is 4.23. The summed E-state index contributed by atoms with van der Waals surface area (Å²) in [5.74, 6) is -2.18. The third-order valence-electron chi connectivity index (χ3n) is 1.60. The molecule has 0 heterocycles. The molecule has 2 N–H and O–H groups in total. The van der Waals surface area contributed by atoms with Gasteiger partial charge in [-0.1, -0.05) is 18.2 Å². The lowest BCUT2D eigenvalue weighted by atomic mass is 10.1. The number of aromatic carboxylic acids is 1. The van der Waals surface area contributed by atoms with Gasteiger partial charge >= 0.3 is 11.9 Å². The monoisotopic (exact) mass is 192 g/mol. The first-order chi connectivity index (χ1) is 6.61. The molecule has 0 unspecified atom stereocenters. The molecule has 1 aromatic rings. The van der Waals surface area contributed by atoms with Crippen molar-refractivity contribution >= 4 is 18.0 Å². The van der Waals surface area contributed by atoms with Crippen LogP contribution in [0, 0.1) is 0 Å². The molecule has 1 aromatic carbocycles. The van der Waals surface area contributed by atoms with Gasteiger partial charge in [-0.25, -0.2) is 9.59 Å². The summed E-state index contributed by atoms with van der Waals surface area (Å²) in [5, 5.41) is 17.1. The molecular weight excluding hydrogens is 184 g/mol. The highest BCUT2D eigenvalue weighted by molar-refractivity contribution is 5.94. The Balaban J connectivity index is 3.07. The summed E-state index contributed by atoms with van der Waals surface area (Å²) < 4.78 is 0. The lowest BCUT2D eigenvalue weighted by Crippen LogP contribution is -1.99. The van der Waals surface area contributed by atoms with Gasteiger partial charge in [-0.05, 0) is 17.7 Å². The number of rotatable bonds is 3. The highest BCUT2D eigenvalue weighted by Crippen LogP contribution is 2.10. The molecule has 72 valence electrons. The summed E-state index contributed by atoms with van der Waals surface area (Å²) in [4.78, 5) is 20.9. The van der Waals surface area contributed by atoms with Crippen molar-refractivity contribution in [2.24, 2.45) is 0 Å². The van der Waals surface area contributed by atoms with E-state index in [1.54, 1.807) is 18.2 Å². The highest BCUT2D eigenvalue weighted by atomic mass is 16.4. The summed E-state index contributed by atoms with van der Waals surface area (Å²) >= 11 is 0. The number of carbonyl (C=O) groups is 2. The summed E-state index contributed by atoms with van der Waals surface area (Å²) in [7, 11) is 0. The fourth-order valence-electron chi connectivity index (χ4n) is 0.998. The van der Waals surface area contributed by atoms with Gasteiger partial charge in [-0.2, -0.15) is 0 Å². The van der Waals surface area contributed by atoms with Crippen molar-refractivity contribution in [3.8, 4) is 0 Å². The van der Waals surface area contributed by atoms with Gasteiger partial charge in [0.05, 0.1) is 5.56 Å². The van der Waals surface area contributed by atoms with Crippen molar-refractivity contribution in [2.45, 2.75) is 0 Å². The summed E-state index contributed by atoms with van der Waals surface area (Å²) in [6, 6.07) is 6.20. The number of carboxylic acid groups (broad SMARTS) is 2. The molecule has 0 aliphatic heterocycles. The van der Waals surface area contributed by atoms with E-state index in [1.165, 1.54) is 12.1 Å². The molecule has 0 spiro atoms. The average Bonchev–Trinajstić information content (AvgIpc) is 2.15. The zero-order valence-corrected chi connectivity index (χ0v) is 7.18. The maximum absolute atomic E-state index is 10.7. The Labute approximate surface area is 80.1 Å². The maximum atomic E-state index is 10.7. The maximum Gasteiger partial charge on any atom is 0.336 e. The van der Waals surface area contributed by atoms with Crippen LogP contribution in [0.15, 0.2) is 30.3 Å². The minimum absolute atomic E-state index is 0.0880. The molecular formula is C10H8O4. The third kappa shape index (κ3) is 2.45. The Morgan fingerprint density at radius 2 is 1.79 bits per heavy atom. The number of aliphatic carboxylic acids is 1. The lowest BCUT2D eigenvalue weighted by Gasteiger charge is -1.98. The first-order valence-electron chi connectivity index (χ1n) is 3.84. The average molecular weight is 192 g/mol. The van der Waals surface area contributed by atoms with Crippen molar-refractivity contribution < 1.29 is 19.8 Å². The van der Waals surface area contributed by atoms with Crippen molar-refractivity contribution in [1.82, 2.24) is 0 Å². The molecule has 0 fully saturated rings. The summed E-state index contributed by atoms with van der Waals surface area (Å²) in [6.45, 7) is 0. The van der Waals surface area contributed by atoms with Crippen molar-refractivity contribution in [1.29, 1.82) is 0 Å². The van der Waals surface area contributed by atoms with Crippen molar-refractivity contribution in [2.75, 3.05) is 0 Å². The van der Waals surface area contributed by atoms with Gasteiger partial charge in [0.25, 0.3) is 0 Å². The van der Waals surface area contributed by atoms with Crippen molar-refractivity contribution in [3.63, 3.8) is 0 Å². The number of hydrogen-bond donors (Lipinski definition) is 2. The molecule has 0 atom stereocenters. The van der Waals surface area contributed by atoms with E-state index < -0.39 is 11.9 Å². The molecule has 0 amide bonds. The Morgan fingerprint density at radius 1 is 1.14 bits per heavy atom. The second-order valence-corrected chi connectivity index (χ2v) is 2.56. The number of benzene rings is 1. The van der Waals surface area contributed by atoms with E-state index in [-0.39, 0.29) is 5.56 Å². The van der Waals surface area contributed by atoms with Crippen LogP contribution in [0.5, 0.6) is 0 Å². The quantitative estimate of drug-likeness (QED) is 0.711. The summed E-state index contributed by atoms with van der Waals surface area (Å²) in [5.41, 5.74) is 0.465. The Hall–Kier alpha value is -2.10. The van der Waals surface area contributed by atoms with Crippen LogP contribution in [0.4, 0.5) is 0 Å². The van der Waals surface area contributed by atoms with Crippen LogP contribution in [0.3, 0.4) is 0 Å². The molecule has 0 radical (unpaired) electrons. The van der Waals surface area contributed by atoms with Gasteiger partial charge in [0.2, 0.25) is 0 Å². The Morgan fingerprint density at radius 3 is 2.36 bits per heavy atom. The van der Waals surface area contributed by atoms with Gasteiger partial charge in [0.15, 0.2) is 0 Å². The predicted molar refractivity (Wildman–Crippen MR) is 50.1 cm³/mol. The Kier molecular flexibility index (Phi) is 3.01. The Bertz CT molecular complexity index is 393. The van der Waals surface area contributed by atoms with E-state index in [0.29, 0.717) is 5.56 Å². The molecule has 0 aliphatic rings. The van der Waals surface area contributed by atoms with Crippen LogP contribution in [0.1, 0.15) is 15.9 Å². The van der Waals surface area contributed by atoms with Crippen molar-refractivity contribution in [3.05, 3.63) is 41.5 Å². The molecule has 0 bridgehead atoms. The SMILES string of the molecule is O=C(O)/C=C/c1ccccc1C(=O)O. The van der Waals surface area contributed by atoms with Gasteiger partial charge in [0.1, 0.15) is 0 Å². The number of hydrogen-bond acceptors (Lipinski definition) is 2. The van der Waals surface area contributed by atoms with Gasteiger partial charge < -0.3 is 10.2 Å². The highest BCUT2D eigenvalue weighted by Gasteiger charge is 2.05. The fraction of sp³-hybridized carbons (Fsp3) is 0. The van der Waals surface area contributed by atoms with Crippen LogP contribution in [0.25, 0.3) is 6.08 Å². The van der Waals surface area contributed by atoms with Crippen LogP contribution in [-0.4, -0.2) is 22.2 Å². The zero-order chi connectivity index (χ0) is 10.6. The molecule has 14 heavy (non-hydrogen) atoms. The molecule has 0 saturated heterocycles. The minimum atomic E-state index is -1.11. The molecule has 0 aromatic heterocycles. The van der Waals surface area contributed by atoms with Crippen LogP contribution in [-0.2, 0) is 4.79 Å². The van der Waals surface area contributed by atoms with Crippen LogP contribution < -0.4 is 0 Å². The van der Waals surface area contributed by atoms with E-state index in [0.717, 1.165) is 6.08 Å². The summed E-state index contributed by atoms with van der Waals surface area (Å²) in [6.07, 6.45) is 2.16. The molecule has 0 aliphatic carbocycles. The van der Waals surface area contributed by atoms with E-state index >= 15 is 0 Å². The molecule has 4 heteroatoms. The second-order valence-electron chi connectivity index (χ2n) is 2.56. The first kappa shape index (κ1) is 9.98. The largest absolute Gasteiger partial charge is 0.478 e. The minimum Gasteiger partial charge on any atom is -0.478 e. The fourth-order valence-corrected chi connectivity index (χ4v) is 0.998. The standard InChI is InChI=1S/C10H8O4/c11-9(12)6-5-7-3-1-2-4-8(7)10(13)14/h1-6H,(H,11,12)(H,13,14)/b6-5+. The predicted octanol–water partition coefficient (Wildman–Crippen LogP) is 1.48. The zero-order valence-electron chi connectivity index (χ0n) is 7.18. The smallest absolute Gasteiger partial charge is 0.336 e. The van der Waals surface area contributed by atoms with Crippen LogP contribution in [0.2, 0.25) is 0 Å². The topological polar surface area (TPSA) is 74.6 Å². The first-order valence-corrected chi connectivity index (χ1v) is 3.84. The third-order valence-corrected chi connectivity index (χ3v) is 1.60. The molecule has 4 nitrogen and oxygen atoms in total. The van der Waals surface area contributed by atoms with Gasteiger partial charge in [-0.3, -0.25) is 0 Å². The van der Waals surface area contributed by atoms with E-state index in [9.17, 15) is 9.59 Å². The molecule has 1 rings (SSSR count). The van der Waals surface area contributed by atoms with Gasteiger partial charge in [0, 0.05) is 6.08 Å². The van der Waals surface area contributed by atoms with E-state index in [1.807, 2.05) is 0 Å². The van der Waals surface area contributed by atoms with E-state index in [4.69, 9.17) is 10.2 Å². The lowest BCUT2D eigenvalue weighted by molar-refractivity contribution is -0.131.